The van der Waals surface area contributed by atoms with Gasteiger partial charge in [0.2, 0.25) is 0 Å². The number of halogens is 2. The van der Waals surface area contributed by atoms with Crippen molar-refractivity contribution >= 4 is 23.2 Å². The van der Waals surface area contributed by atoms with Crippen LogP contribution in [-0.4, -0.2) is 32.7 Å². The van der Waals surface area contributed by atoms with Gasteiger partial charge in [-0.15, -0.1) is 0 Å². The fraction of sp³-hybridized carbons (Fsp3) is 0.333. The SMILES string of the molecule is COc1cc2c(cc1OC)C(c1ccc(Cl)c(Cl)c1)CN(C)C2. The molecule has 1 aliphatic rings. The van der Waals surface area contributed by atoms with E-state index in [1.807, 2.05) is 18.2 Å². The van der Waals surface area contributed by atoms with Crippen LogP contribution in [0.3, 0.4) is 0 Å². The van der Waals surface area contributed by atoms with E-state index in [1.54, 1.807) is 14.2 Å². The molecule has 2 aromatic rings. The van der Waals surface area contributed by atoms with Gasteiger partial charge in [-0.25, -0.2) is 0 Å². The summed E-state index contributed by atoms with van der Waals surface area (Å²) in [6.45, 7) is 1.80. The molecule has 0 bridgehead atoms. The van der Waals surface area contributed by atoms with Gasteiger partial charge in [-0.2, -0.15) is 0 Å². The maximum atomic E-state index is 6.21. The van der Waals surface area contributed by atoms with Crippen LogP contribution in [0, 0.1) is 0 Å². The van der Waals surface area contributed by atoms with Gasteiger partial charge in [0, 0.05) is 19.0 Å². The first-order valence-electron chi connectivity index (χ1n) is 7.41. The molecule has 3 rings (SSSR count). The fourth-order valence-corrected chi connectivity index (χ4v) is 3.48. The molecule has 23 heavy (non-hydrogen) atoms. The number of hydrogen-bond donors (Lipinski definition) is 0. The van der Waals surface area contributed by atoms with Crippen LogP contribution in [0.25, 0.3) is 0 Å². The second kappa shape index (κ2) is 6.60. The van der Waals surface area contributed by atoms with Crippen LogP contribution in [0.2, 0.25) is 10.0 Å². The number of fused-ring (bicyclic) bond motifs is 1. The highest BCUT2D eigenvalue weighted by Crippen LogP contribution is 2.40. The summed E-state index contributed by atoms with van der Waals surface area (Å²) in [7, 11) is 5.44. The number of nitrogens with zero attached hydrogens (tertiary/aromatic N) is 1. The van der Waals surface area contributed by atoms with E-state index in [9.17, 15) is 0 Å². The van der Waals surface area contributed by atoms with Gasteiger partial charge in [-0.1, -0.05) is 29.3 Å². The van der Waals surface area contributed by atoms with Gasteiger partial charge >= 0.3 is 0 Å². The summed E-state index contributed by atoms with van der Waals surface area (Å²) in [5.41, 5.74) is 3.64. The lowest BCUT2D eigenvalue weighted by Crippen LogP contribution is -2.31. The van der Waals surface area contributed by atoms with E-state index in [1.165, 1.54) is 11.1 Å². The summed E-state index contributed by atoms with van der Waals surface area (Å²) in [5.74, 6) is 1.73. The third-order valence-electron chi connectivity index (χ3n) is 4.30. The van der Waals surface area contributed by atoms with Crippen molar-refractivity contribution in [1.82, 2.24) is 4.90 Å². The van der Waals surface area contributed by atoms with Gasteiger partial charge in [-0.05, 0) is 48.0 Å². The molecule has 0 radical (unpaired) electrons. The Kier molecular flexibility index (Phi) is 4.72. The van der Waals surface area contributed by atoms with E-state index in [2.05, 4.69) is 24.1 Å². The summed E-state index contributed by atoms with van der Waals surface area (Å²) in [5, 5.41) is 1.16. The van der Waals surface area contributed by atoms with Crippen molar-refractivity contribution in [2.24, 2.45) is 0 Å². The average molecular weight is 352 g/mol. The Morgan fingerprint density at radius 3 is 2.35 bits per heavy atom. The number of ether oxygens (including phenoxy) is 2. The molecule has 5 heteroatoms. The Bertz CT molecular complexity index is 733. The van der Waals surface area contributed by atoms with Crippen molar-refractivity contribution < 1.29 is 9.47 Å². The normalized spacial score (nSPS) is 17.7. The number of likely N-dealkylation sites (N-methyl/N-ethyl adjacent to an activating group) is 1. The molecule has 0 amide bonds. The summed E-state index contributed by atoms with van der Waals surface area (Å²) in [4.78, 5) is 2.29. The van der Waals surface area contributed by atoms with Crippen LogP contribution in [-0.2, 0) is 6.54 Å². The first-order chi connectivity index (χ1) is 11.0. The monoisotopic (exact) mass is 351 g/mol. The molecule has 0 aromatic heterocycles. The Balaban J connectivity index is 2.11. The van der Waals surface area contributed by atoms with Crippen molar-refractivity contribution in [2.45, 2.75) is 12.5 Å². The van der Waals surface area contributed by atoms with Crippen LogP contribution in [0.1, 0.15) is 22.6 Å². The molecule has 0 aliphatic carbocycles. The Hall–Kier alpha value is -1.42. The third-order valence-corrected chi connectivity index (χ3v) is 5.04. The average Bonchev–Trinajstić information content (AvgIpc) is 2.55. The number of rotatable bonds is 3. The third kappa shape index (κ3) is 3.14. The first kappa shape index (κ1) is 16.4. The van der Waals surface area contributed by atoms with Crippen molar-refractivity contribution in [3.05, 3.63) is 57.1 Å². The molecular weight excluding hydrogens is 333 g/mol. The summed E-state index contributed by atoms with van der Waals surface area (Å²) in [6, 6.07) is 9.99. The highest BCUT2D eigenvalue weighted by atomic mass is 35.5. The fourth-order valence-electron chi connectivity index (χ4n) is 3.18. The maximum Gasteiger partial charge on any atom is 0.161 e. The largest absolute Gasteiger partial charge is 0.493 e. The van der Waals surface area contributed by atoms with Crippen molar-refractivity contribution in [1.29, 1.82) is 0 Å². The van der Waals surface area contributed by atoms with Gasteiger partial charge in [-0.3, -0.25) is 0 Å². The Morgan fingerprint density at radius 2 is 1.70 bits per heavy atom. The van der Waals surface area contributed by atoms with Crippen molar-refractivity contribution in [3.63, 3.8) is 0 Å². The number of hydrogen-bond acceptors (Lipinski definition) is 3. The minimum atomic E-state index is 0.221. The molecular formula is C18H19Cl2NO2. The molecule has 1 atom stereocenters. The van der Waals surface area contributed by atoms with E-state index in [0.717, 1.165) is 30.2 Å². The summed E-state index contributed by atoms with van der Waals surface area (Å²) >= 11 is 12.3. The highest BCUT2D eigenvalue weighted by Gasteiger charge is 2.27. The zero-order valence-electron chi connectivity index (χ0n) is 13.4. The Morgan fingerprint density at radius 1 is 1.00 bits per heavy atom. The highest BCUT2D eigenvalue weighted by molar-refractivity contribution is 6.42. The maximum absolute atomic E-state index is 6.21. The van der Waals surface area contributed by atoms with Gasteiger partial charge in [0.05, 0.1) is 24.3 Å². The summed E-state index contributed by atoms with van der Waals surface area (Å²) < 4.78 is 10.9. The van der Waals surface area contributed by atoms with Gasteiger partial charge in [0.25, 0.3) is 0 Å². The minimum Gasteiger partial charge on any atom is -0.493 e. The van der Waals surface area contributed by atoms with Crippen molar-refractivity contribution in [3.8, 4) is 11.5 Å². The zero-order chi connectivity index (χ0) is 16.6. The molecule has 3 nitrogen and oxygen atoms in total. The molecule has 0 saturated carbocycles. The zero-order valence-corrected chi connectivity index (χ0v) is 14.9. The van der Waals surface area contributed by atoms with Crippen molar-refractivity contribution in [2.75, 3.05) is 27.8 Å². The molecule has 2 aromatic carbocycles. The first-order valence-corrected chi connectivity index (χ1v) is 8.17. The van der Waals surface area contributed by atoms with E-state index in [4.69, 9.17) is 32.7 Å². The number of methoxy groups -OCH3 is 2. The van der Waals surface area contributed by atoms with Gasteiger partial charge in [0.15, 0.2) is 11.5 Å². The number of benzene rings is 2. The van der Waals surface area contributed by atoms with Gasteiger partial charge < -0.3 is 14.4 Å². The van der Waals surface area contributed by atoms with Crippen LogP contribution >= 0.6 is 23.2 Å². The molecule has 0 N–H and O–H groups in total. The minimum absolute atomic E-state index is 0.221. The molecule has 1 heterocycles. The van der Waals surface area contributed by atoms with Crippen LogP contribution < -0.4 is 9.47 Å². The predicted molar refractivity (Wildman–Crippen MR) is 94.2 cm³/mol. The molecule has 1 unspecified atom stereocenters. The second-order valence-corrected chi connectivity index (χ2v) is 6.64. The van der Waals surface area contributed by atoms with Gasteiger partial charge in [0.1, 0.15) is 0 Å². The molecule has 1 aliphatic heterocycles. The predicted octanol–water partition coefficient (Wildman–Crippen LogP) is 4.59. The standard InChI is InChI=1S/C18H19Cl2NO2/c1-21-9-12-7-17(22-2)18(23-3)8-13(12)14(10-21)11-4-5-15(19)16(20)6-11/h4-8,14H,9-10H2,1-3H3. The van der Waals surface area contributed by atoms with Crippen LogP contribution in [0.5, 0.6) is 11.5 Å². The van der Waals surface area contributed by atoms with Crippen LogP contribution in [0.4, 0.5) is 0 Å². The van der Waals surface area contributed by atoms with E-state index in [0.29, 0.717) is 10.0 Å². The lowest BCUT2D eigenvalue weighted by molar-refractivity contribution is 0.291. The molecule has 0 spiro atoms. The van der Waals surface area contributed by atoms with E-state index >= 15 is 0 Å². The topological polar surface area (TPSA) is 21.7 Å². The molecule has 122 valence electrons. The summed E-state index contributed by atoms with van der Waals surface area (Å²) in [6.07, 6.45) is 0. The lowest BCUT2D eigenvalue weighted by Gasteiger charge is -2.33. The molecule has 0 fully saturated rings. The quantitative estimate of drug-likeness (QED) is 0.807. The smallest absolute Gasteiger partial charge is 0.161 e. The second-order valence-electron chi connectivity index (χ2n) is 5.83. The lowest BCUT2D eigenvalue weighted by atomic mass is 9.84. The van der Waals surface area contributed by atoms with E-state index in [-0.39, 0.29) is 5.92 Å². The van der Waals surface area contributed by atoms with E-state index < -0.39 is 0 Å². The Labute approximate surface area is 146 Å². The van der Waals surface area contributed by atoms with Crippen LogP contribution in [0.15, 0.2) is 30.3 Å². The molecule has 0 saturated heterocycles.